The molecular formula is C17H17N5O. The smallest absolute Gasteiger partial charge is 0.273 e. The topological polar surface area (TPSA) is 72.7 Å². The molecule has 0 fully saturated rings. The van der Waals surface area contributed by atoms with E-state index in [0.717, 1.165) is 17.8 Å². The molecule has 116 valence electrons. The lowest BCUT2D eigenvalue weighted by molar-refractivity contribution is 0.0945. The van der Waals surface area contributed by atoms with Gasteiger partial charge in [0.2, 0.25) is 0 Å². The van der Waals surface area contributed by atoms with E-state index in [-0.39, 0.29) is 11.6 Å². The van der Waals surface area contributed by atoms with Gasteiger partial charge in [-0.2, -0.15) is 0 Å². The van der Waals surface area contributed by atoms with E-state index >= 15 is 0 Å². The predicted octanol–water partition coefficient (Wildman–Crippen LogP) is 2.15. The monoisotopic (exact) mass is 307 g/mol. The van der Waals surface area contributed by atoms with Crippen LogP contribution in [0.15, 0.2) is 54.9 Å². The molecule has 3 aromatic rings. The van der Waals surface area contributed by atoms with Crippen molar-refractivity contribution in [3.63, 3.8) is 0 Å². The zero-order valence-electron chi connectivity index (χ0n) is 12.8. The minimum Gasteiger partial charge on any atom is -0.345 e. The molecule has 3 rings (SSSR count). The highest BCUT2D eigenvalue weighted by Gasteiger charge is 2.11. The highest BCUT2D eigenvalue weighted by molar-refractivity contribution is 5.91. The Morgan fingerprint density at radius 3 is 2.70 bits per heavy atom. The molecule has 0 unspecified atom stereocenters. The number of rotatable bonds is 5. The number of aromatic nitrogens is 4. The number of benzene rings is 1. The molecule has 23 heavy (non-hydrogen) atoms. The van der Waals surface area contributed by atoms with Crippen molar-refractivity contribution in [2.75, 3.05) is 0 Å². The van der Waals surface area contributed by atoms with Gasteiger partial charge < -0.3 is 5.32 Å². The van der Waals surface area contributed by atoms with Crippen LogP contribution in [-0.2, 0) is 13.0 Å². The van der Waals surface area contributed by atoms with Crippen molar-refractivity contribution in [3.8, 4) is 5.69 Å². The summed E-state index contributed by atoms with van der Waals surface area (Å²) in [5, 5.41) is 10.7. The molecule has 1 amide bonds. The number of carbonyl (C=O) groups is 1. The Kier molecular flexibility index (Phi) is 4.42. The molecule has 0 radical (unpaired) electrons. The van der Waals surface area contributed by atoms with Crippen LogP contribution in [-0.4, -0.2) is 25.9 Å². The number of amides is 1. The average Bonchev–Trinajstić information content (AvgIpc) is 3.11. The van der Waals surface area contributed by atoms with Gasteiger partial charge >= 0.3 is 0 Å². The Morgan fingerprint density at radius 1 is 1.17 bits per heavy atom. The van der Waals surface area contributed by atoms with E-state index < -0.39 is 0 Å². The molecule has 0 spiro atoms. The summed E-state index contributed by atoms with van der Waals surface area (Å²) in [6.07, 6.45) is 4.30. The second kappa shape index (κ2) is 6.83. The number of nitrogens with zero attached hydrogens (tertiary/aromatic N) is 4. The van der Waals surface area contributed by atoms with Crippen molar-refractivity contribution < 1.29 is 4.79 Å². The molecular weight excluding hydrogens is 290 g/mol. The SMILES string of the molecule is CCc1ccc(-n2cc(C(=O)NCc3ccccn3)nn2)cc1. The standard InChI is InChI=1S/C17H17N5O/c1-2-13-6-8-15(9-7-13)22-12-16(20-21-22)17(23)19-11-14-5-3-4-10-18-14/h3-10,12H,2,11H2,1H3,(H,19,23). The third-order valence-corrected chi connectivity index (χ3v) is 3.49. The second-order valence-corrected chi connectivity index (χ2v) is 5.07. The number of hydrogen-bond donors (Lipinski definition) is 1. The highest BCUT2D eigenvalue weighted by Crippen LogP contribution is 2.09. The highest BCUT2D eigenvalue weighted by atomic mass is 16.2. The largest absolute Gasteiger partial charge is 0.345 e. The zero-order chi connectivity index (χ0) is 16.1. The molecule has 2 heterocycles. The summed E-state index contributed by atoms with van der Waals surface area (Å²) in [5.74, 6) is -0.271. The summed E-state index contributed by atoms with van der Waals surface area (Å²) < 4.78 is 1.59. The number of hydrogen-bond acceptors (Lipinski definition) is 4. The molecule has 6 heteroatoms. The van der Waals surface area contributed by atoms with Crippen molar-refractivity contribution in [2.24, 2.45) is 0 Å². The van der Waals surface area contributed by atoms with Gasteiger partial charge in [0.1, 0.15) is 0 Å². The van der Waals surface area contributed by atoms with Crippen molar-refractivity contribution in [2.45, 2.75) is 19.9 Å². The maximum Gasteiger partial charge on any atom is 0.273 e. The Morgan fingerprint density at radius 2 is 2.00 bits per heavy atom. The number of pyridine rings is 1. The van der Waals surface area contributed by atoms with Crippen LogP contribution >= 0.6 is 0 Å². The predicted molar refractivity (Wildman–Crippen MR) is 86.1 cm³/mol. The van der Waals surface area contributed by atoms with E-state index in [2.05, 4.69) is 27.5 Å². The lowest BCUT2D eigenvalue weighted by Crippen LogP contribution is -2.23. The van der Waals surface area contributed by atoms with E-state index in [1.54, 1.807) is 17.1 Å². The van der Waals surface area contributed by atoms with Gasteiger partial charge in [-0.05, 0) is 36.2 Å². The van der Waals surface area contributed by atoms with E-state index in [1.807, 2.05) is 42.5 Å². The van der Waals surface area contributed by atoms with Gasteiger partial charge in [0.15, 0.2) is 5.69 Å². The molecule has 0 saturated heterocycles. The maximum absolute atomic E-state index is 12.1. The van der Waals surface area contributed by atoms with Gasteiger partial charge in [0.05, 0.1) is 24.1 Å². The van der Waals surface area contributed by atoms with E-state index in [9.17, 15) is 4.79 Å². The van der Waals surface area contributed by atoms with Gasteiger partial charge in [-0.1, -0.05) is 30.3 Å². The van der Waals surface area contributed by atoms with Crippen molar-refractivity contribution in [3.05, 3.63) is 71.8 Å². The van der Waals surface area contributed by atoms with E-state index in [0.29, 0.717) is 6.54 Å². The van der Waals surface area contributed by atoms with Crippen molar-refractivity contribution in [1.29, 1.82) is 0 Å². The molecule has 6 nitrogen and oxygen atoms in total. The first-order valence-electron chi connectivity index (χ1n) is 7.46. The molecule has 1 N–H and O–H groups in total. The van der Waals surface area contributed by atoms with E-state index in [4.69, 9.17) is 0 Å². The third kappa shape index (κ3) is 3.60. The molecule has 0 bridgehead atoms. The summed E-state index contributed by atoms with van der Waals surface area (Å²) in [5.41, 5.74) is 3.20. The fourth-order valence-electron chi connectivity index (χ4n) is 2.14. The number of aryl methyl sites for hydroxylation is 1. The minimum absolute atomic E-state index is 0.271. The lowest BCUT2D eigenvalue weighted by Gasteiger charge is -2.02. The molecule has 0 aliphatic carbocycles. The fraction of sp³-hybridized carbons (Fsp3) is 0.176. The van der Waals surface area contributed by atoms with Crippen LogP contribution in [0, 0.1) is 0 Å². The summed E-state index contributed by atoms with van der Waals surface area (Å²) in [7, 11) is 0. The van der Waals surface area contributed by atoms with E-state index in [1.165, 1.54) is 5.56 Å². The number of carbonyl (C=O) groups excluding carboxylic acids is 1. The lowest BCUT2D eigenvalue weighted by atomic mass is 10.1. The first-order valence-corrected chi connectivity index (χ1v) is 7.46. The first kappa shape index (κ1) is 14.9. The van der Waals surface area contributed by atoms with Gasteiger partial charge in [0, 0.05) is 6.20 Å². The summed E-state index contributed by atoms with van der Waals surface area (Å²) in [6, 6.07) is 13.6. The molecule has 0 aliphatic rings. The zero-order valence-corrected chi connectivity index (χ0v) is 12.8. The Bertz CT molecular complexity index is 780. The summed E-state index contributed by atoms with van der Waals surface area (Å²) in [6.45, 7) is 2.46. The van der Waals surface area contributed by atoms with Crippen molar-refractivity contribution in [1.82, 2.24) is 25.3 Å². The normalized spacial score (nSPS) is 10.5. The molecule has 0 saturated carbocycles. The van der Waals surface area contributed by atoms with Crippen LogP contribution < -0.4 is 5.32 Å². The third-order valence-electron chi connectivity index (χ3n) is 3.49. The summed E-state index contributed by atoms with van der Waals surface area (Å²) >= 11 is 0. The molecule has 0 atom stereocenters. The number of nitrogens with one attached hydrogen (secondary N) is 1. The second-order valence-electron chi connectivity index (χ2n) is 5.07. The maximum atomic E-state index is 12.1. The fourth-order valence-corrected chi connectivity index (χ4v) is 2.14. The quantitative estimate of drug-likeness (QED) is 0.784. The van der Waals surface area contributed by atoms with Gasteiger partial charge in [-0.25, -0.2) is 4.68 Å². The van der Waals surface area contributed by atoms with Crippen LogP contribution in [0.1, 0.15) is 28.7 Å². The van der Waals surface area contributed by atoms with Crippen LogP contribution in [0.5, 0.6) is 0 Å². The Balaban J connectivity index is 1.67. The molecule has 1 aromatic carbocycles. The Hall–Kier alpha value is -3.02. The average molecular weight is 307 g/mol. The van der Waals surface area contributed by atoms with Gasteiger partial charge in [-0.3, -0.25) is 9.78 Å². The van der Waals surface area contributed by atoms with Crippen LogP contribution in [0.3, 0.4) is 0 Å². The van der Waals surface area contributed by atoms with Crippen LogP contribution in [0.4, 0.5) is 0 Å². The van der Waals surface area contributed by atoms with Crippen molar-refractivity contribution >= 4 is 5.91 Å². The summed E-state index contributed by atoms with van der Waals surface area (Å²) in [4.78, 5) is 16.3. The Labute approximate surface area is 134 Å². The van der Waals surface area contributed by atoms with Gasteiger partial charge in [0.25, 0.3) is 5.91 Å². The molecule has 0 aliphatic heterocycles. The minimum atomic E-state index is -0.271. The first-order chi connectivity index (χ1) is 11.3. The molecule has 2 aromatic heterocycles. The van der Waals surface area contributed by atoms with Crippen LogP contribution in [0.25, 0.3) is 5.69 Å². The van der Waals surface area contributed by atoms with Gasteiger partial charge in [-0.15, -0.1) is 5.10 Å². The van der Waals surface area contributed by atoms with Crippen LogP contribution in [0.2, 0.25) is 0 Å².